The molecule has 0 aromatic heterocycles. The van der Waals surface area contributed by atoms with Crippen LogP contribution in [0.25, 0.3) is 0 Å². The van der Waals surface area contributed by atoms with Gasteiger partial charge in [0, 0.05) is 6.42 Å². The Bertz CT molecular complexity index is 168. The Morgan fingerprint density at radius 1 is 1.40 bits per heavy atom. The molecule has 0 saturated carbocycles. The van der Waals surface area contributed by atoms with Crippen molar-refractivity contribution in [2.75, 3.05) is 0 Å². The number of hydrogen-bond acceptors (Lipinski definition) is 1. The molecule has 2 heteroatoms. The van der Waals surface area contributed by atoms with E-state index in [0.717, 1.165) is 0 Å². The van der Waals surface area contributed by atoms with E-state index in [1.54, 1.807) is 30.4 Å². The number of primary amides is 1. The first-order valence-electron chi connectivity index (χ1n) is 3.00. The van der Waals surface area contributed by atoms with Crippen molar-refractivity contribution >= 4 is 5.91 Å². The fourth-order valence-corrected chi connectivity index (χ4v) is 0.405. The fraction of sp³-hybridized carbons (Fsp3) is 0.125. The molecular weight excluding hydrogens is 126 g/mol. The average molecular weight is 137 g/mol. The molecule has 0 saturated heterocycles. The van der Waals surface area contributed by atoms with E-state index in [-0.39, 0.29) is 5.91 Å². The van der Waals surface area contributed by atoms with Crippen molar-refractivity contribution in [2.45, 2.75) is 6.42 Å². The lowest BCUT2D eigenvalue weighted by atomic mass is 10.3. The van der Waals surface area contributed by atoms with Gasteiger partial charge in [-0.05, 0) is 0 Å². The lowest BCUT2D eigenvalue weighted by Crippen LogP contribution is -2.07. The van der Waals surface area contributed by atoms with Gasteiger partial charge >= 0.3 is 0 Å². The minimum absolute atomic E-state index is 0.293. The molecule has 2 N–H and O–H groups in total. The molecule has 10 heavy (non-hydrogen) atoms. The second-order valence-electron chi connectivity index (χ2n) is 1.72. The van der Waals surface area contributed by atoms with Crippen molar-refractivity contribution in [2.24, 2.45) is 5.73 Å². The van der Waals surface area contributed by atoms with Crippen molar-refractivity contribution in [1.82, 2.24) is 0 Å². The van der Waals surface area contributed by atoms with E-state index in [4.69, 9.17) is 5.73 Å². The Labute approximate surface area is 60.7 Å². The minimum Gasteiger partial charge on any atom is -0.369 e. The zero-order chi connectivity index (χ0) is 7.82. The van der Waals surface area contributed by atoms with Crippen LogP contribution in [0.4, 0.5) is 0 Å². The highest BCUT2D eigenvalue weighted by atomic mass is 16.1. The molecule has 0 spiro atoms. The van der Waals surface area contributed by atoms with Crippen LogP contribution in [0.15, 0.2) is 37.0 Å². The maximum Gasteiger partial charge on any atom is 0.221 e. The molecular formula is C8H11NO. The third-order valence-electron chi connectivity index (χ3n) is 0.813. The number of rotatable bonds is 4. The lowest BCUT2D eigenvalue weighted by molar-refractivity contribution is -0.117. The summed E-state index contributed by atoms with van der Waals surface area (Å²) < 4.78 is 0. The van der Waals surface area contributed by atoms with E-state index in [2.05, 4.69) is 6.58 Å². The third-order valence-corrected chi connectivity index (χ3v) is 0.813. The first-order valence-corrected chi connectivity index (χ1v) is 3.00. The predicted octanol–water partition coefficient (Wildman–Crippen LogP) is 1.16. The lowest BCUT2D eigenvalue weighted by Gasteiger charge is -1.80. The number of nitrogens with two attached hydrogens (primary N) is 1. The average Bonchev–Trinajstić information content (AvgIpc) is 1.87. The summed E-state index contributed by atoms with van der Waals surface area (Å²) in [4.78, 5) is 10.2. The van der Waals surface area contributed by atoms with E-state index >= 15 is 0 Å². The van der Waals surface area contributed by atoms with Gasteiger partial charge in [0.2, 0.25) is 5.91 Å². The van der Waals surface area contributed by atoms with E-state index < -0.39 is 0 Å². The van der Waals surface area contributed by atoms with Crippen molar-refractivity contribution in [3.63, 3.8) is 0 Å². The third kappa shape index (κ3) is 6.69. The SMILES string of the molecule is C=C/C=C\C=C\CC(N)=O. The van der Waals surface area contributed by atoms with Crippen molar-refractivity contribution in [3.05, 3.63) is 37.0 Å². The molecule has 0 aliphatic rings. The Morgan fingerprint density at radius 3 is 2.60 bits per heavy atom. The van der Waals surface area contributed by atoms with Crippen LogP contribution < -0.4 is 5.73 Å². The Morgan fingerprint density at radius 2 is 2.10 bits per heavy atom. The highest BCUT2D eigenvalue weighted by Crippen LogP contribution is 1.82. The second-order valence-corrected chi connectivity index (χ2v) is 1.72. The zero-order valence-electron chi connectivity index (χ0n) is 5.79. The van der Waals surface area contributed by atoms with Crippen LogP contribution in [0.3, 0.4) is 0 Å². The highest BCUT2D eigenvalue weighted by Gasteiger charge is 1.82. The molecule has 54 valence electrons. The van der Waals surface area contributed by atoms with Gasteiger partial charge in [-0.25, -0.2) is 0 Å². The largest absolute Gasteiger partial charge is 0.369 e. The van der Waals surface area contributed by atoms with Gasteiger partial charge in [-0.2, -0.15) is 0 Å². The van der Waals surface area contributed by atoms with E-state index in [9.17, 15) is 4.79 Å². The Balaban J connectivity index is 3.46. The molecule has 0 aromatic rings. The van der Waals surface area contributed by atoms with Crippen molar-refractivity contribution < 1.29 is 4.79 Å². The summed E-state index contributed by atoms with van der Waals surface area (Å²) in [5, 5.41) is 0. The van der Waals surface area contributed by atoms with Gasteiger partial charge in [0.1, 0.15) is 0 Å². The maximum atomic E-state index is 10.2. The maximum absolute atomic E-state index is 10.2. The minimum atomic E-state index is -0.316. The van der Waals surface area contributed by atoms with Gasteiger partial charge in [0.25, 0.3) is 0 Å². The summed E-state index contributed by atoms with van der Waals surface area (Å²) in [5.41, 5.74) is 4.87. The smallest absolute Gasteiger partial charge is 0.221 e. The molecule has 0 rings (SSSR count). The molecule has 2 nitrogen and oxygen atoms in total. The van der Waals surface area contributed by atoms with Gasteiger partial charge < -0.3 is 5.73 Å². The summed E-state index contributed by atoms with van der Waals surface area (Å²) in [7, 11) is 0. The van der Waals surface area contributed by atoms with Crippen LogP contribution in [0, 0.1) is 0 Å². The molecule has 0 bridgehead atoms. The van der Waals surface area contributed by atoms with Gasteiger partial charge in [-0.15, -0.1) is 0 Å². The van der Waals surface area contributed by atoms with Crippen LogP contribution in [0.5, 0.6) is 0 Å². The first kappa shape index (κ1) is 8.69. The summed E-state index contributed by atoms with van der Waals surface area (Å²) in [6.45, 7) is 3.48. The summed E-state index contributed by atoms with van der Waals surface area (Å²) in [6.07, 6.45) is 8.97. The summed E-state index contributed by atoms with van der Waals surface area (Å²) >= 11 is 0. The molecule has 0 heterocycles. The number of hydrogen-bond donors (Lipinski definition) is 1. The van der Waals surface area contributed by atoms with Gasteiger partial charge in [0.15, 0.2) is 0 Å². The highest BCUT2D eigenvalue weighted by molar-refractivity contribution is 5.75. The summed E-state index contributed by atoms with van der Waals surface area (Å²) in [5.74, 6) is -0.316. The molecule has 0 radical (unpaired) electrons. The molecule has 0 fully saturated rings. The molecule has 0 aromatic carbocycles. The molecule has 1 amide bonds. The Hall–Kier alpha value is -1.31. The number of carbonyl (C=O) groups excluding carboxylic acids is 1. The molecule has 0 atom stereocenters. The zero-order valence-corrected chi connectivity index (χ0v) is 5.79. The van der Waals surface area contributed by atoms with Crippen LogP contribution in [0.1, 0.15) is 6.42 Å². The normalized spacial score (nSPS) is 10.8. The van der Waals surface area contributed by atoms with Crippen LogP contribution in [-0.2, 0) is 4.79 Å². The molecule has 0 aliphatic heterocycles. The predicted molar refractivity (Wildman–Crippen MR) is 42.3 cm³/mol. The fourth-order valence-electron chi connectivity index (χ4n) is 0.405. The van der Waals surface area contributed by atoms with Gasteiger partial charge in [-0.3, -0.25) is 4.79 Å². The van der Waals surface area contributed by atoms with E-state index in [1.165, 1.54) is 0 Å². The molecule has 0 unspecified atom stereocenters. The topological polar surface area (TPSA) is 43.1 Å². The molecule has 0 aliphatic carbocycles. The van der Waals surface area contributed by atoms with Gasteiger partial charge in [-0.1, -0.05) is 37.0 Å². The summed E-state index contributed by atoms with van der Waals surface area (Å²) in [6, 6.07) is 0. The second kappa shape index (κ2) is 5.82. The van der Waals surface area contributed by atoms with Crippen molar-refractivity contribution in [3.8, 4) is 0 Å². The standard InChI is InChI=1S/C8H11NO/c1-2-3-4-5-6-7-8(9)10/h2-6H,1,7H2,(H2,9,10)/b4-3-,6-5+. The monoisotopic (exact) mass is 137 g/mol. The van der Waals surface area contributed by atoms with Crippen molar-refractivity contribution in [1.29, 1.82) is 0 Å². The number of carbonyl (C=O) groups is 1. The van der Waals surface area contributed by atoms with Crippen LogP contribution in [0.2, 0.25) is 0 Å². The Kier molecular flexibility index (Phi) is 5.06. The number of amides is 1. The van der Waals surface area contributed by atoms with Gasteiger partial charge in [0.05, 0.1) is 0 Å². The first-order chi connectivity index (χ1) is 4.77. The van der Waals surface area contributed by atoms with E-state index in [1.807, 2.05) is 0 Å². The van der Waals surface area contributed by atoms with Crippen LogP contribution >= 0.6 is 0 Å². The van der Waals surface area contributed by atoms with E-state index in [0.29, 0.717) is 6.42 Å². The van der Waals surface area contributed by atoms with Crippen LogP contribution in [-0.4, -0.2) is 5.91 Å². The quantitative estimate of drug-likeness (QED) is 0.580. The number of allylic oxidation sites excluding steroid dienone is 4.